The van der Waals surface area contributed by atoms with Gasteiger partial charge in [0.2, 0.25) is 5.95 Å². The Kier molecular flexibility index (Phi) is 3.67. The summed E-state index contributed by atoms with van der Waals surface area (Å²) in [6.45, 7) is 0. The van der Waals surface area contributed by atoms with Gasteiger partial charge in [0.25, 0.3) is 11.1 Å². The summed E-state index contributed by atoms with van der Waals surface area (Å²) in [5.41, 5.74) is 8.00. The van der Waals surface area contributed by atoms with Crippen molar-refractivity contribution in [1.29, 1.82) is 0 Å². The van der Waals surface area contributed by atoms with Crippen LogP contribution >= 0.6 is 0 Å². The molecule has 2 aromatic heterocycles. The number of aromatic nitrogens is 3. The van der Waals surface area contributed by atoms with E-state index in [9.17, 15) is 9.59 Å². The molecule has 1 atom stereocenters. The van der Waals surface area contributed by atoms with Gasteiger partial charge in [-0.15, -0.1) is 0 Å². The van der Waals surface area contributed by atoms with E-state index in [1.807, 2.05) is 36.4 Å². The van der Waals surface area contributed by atoms with Crippen LogP contribution in [0.15, 0.2) is 58.1 Å². The summed E-state index contributed by atoms with van der Waals surface area (Å²) in [6, 6.07) is 14.7. The van der Waals surface area contributed by atoms with Crippen LogP contribution in [-0.2, 0) is 0 Å². The van der Waals surface area contributed by atoms with Gasteiger partial charge in [0.1, 0.15) is 11.6 Å². The second kappa shape index (κ2) is 6.23. The zero-order valence-corrected chi connectivity index (χ0v) is 15.4. The van der Waals surface area contributed by atoms with E-state index in [1.54, 1.807) is 19.2 Å². The summed E-state index contributed by atoms with van der Waals surface area (Å²) in [4.78, 5) is 35.7. The summed E-state index contributed by atoms with van der Waals surface area (Å²) in [5.74, 6) is 0.417. The van der Waals surface area contributed by atoms with Gasteiger partial charge in [-0.05, 0) is 23.8 Å². The van der Waals surface area contributed by atoms with Crippen molar-refractivity contribution in [2.24, 2.45) is 0 Å². The van der Waals surface area contributed by atoms with Crippen molar-refractivity contribution in [1.82, 2.24) is 15.0 Å². The number of anilines is 3. The number of hydrogen-bond acceptors (Lipinski definition) is 6. The maximum absolute atomic E-state index is 13.1. The number of rotatable bonds is 2. The molecule has 0 saturated carbocycles. The molecule has 0 radical (unpaired) electrons. The molecule has 0 amide bonds. The molecule has 0 bridgehead atoms. The highest BCUT2D eigenvalue weighted by atomic mass is 16.5. The van der Waals surface area contributed by atoms with E-state index in [4.69, 9.17) is 10.5 Å². The summed E-state index contributed by atoms with van der Waals surface area (Å²) in [6.07, 6.45) is 0. The van der Waals surface area contributed by atoms with Gasteiger partial charge in [-0.1, -0.05) is 30.3 Å². The van der Waals surface area contributed by atoms with Gasteiger partial charge in [-0.3, -0.25) is 14.6 Å². The standard InChI is InChI=1S/C21H17N5O3/c1-29-11-8-6-10(7-9-11)14-15-17(12-4-2-3-5-13(12)23-19(15)27)24-18-16(14)20(28)26-21(22)25-18/h2-9,14H,1H3,(H,23,27)(H4,22,24,25,26,28). The predicted octanol–water partition coefficient (Wildman–Crippen LogP) is 2.44. The molecule has 144 valence electrons. The van der Waals surface area contributed by atoms with Crippen LogP contribution in [0.4, 0.5) is 17.5 Å². The van der Waals surface area contributed by atoms with Crippen molar-refractivity contribution in [2.45, 2.75) is 5.92 Å². The fraction of sp³-hybridized carbons (Fsp3) is 0.0952. The Morgan fingerprint density at radius 1 is 0.966 bits per heavy atom. The van der Waals surface area contributed by atoms with Crippen molar-refractivity contribution in [3.05, 3.63) is 85.9 Å². The molecule has 1 aliphatic heterocycles. The van der Waals surface area contributed by atoms with Crippen molar-refractivity contribution >= 4 is 28.4 Å². The Bertz CT molecular complexity index is 1370. The van der Waals surface area contributed by atoms with E-state index in [-0.39, 0.29) is 17.1 Å². The normalized spacial score (nSPS) is 14.7. The first-order valence-electron chi connectivity index (χ1n) is 9.02. The van der Waals surface area contributed by atoms with Crippen LogP contribution in [0.2, 0.25) is 0 Å². The van der Waals surface area contributed by atoms with Gasteiger partial charge in [-0.25, -0.2) is 0 Å². The average Bonchev–Trinajstić information content (AvgIpc) is 2.72. The summed E-state index contributed by atoms with van der Waals surface area (Å²) < 4.78 is 5.24. The predicted molar refractivity (Wildman–Crippen MR) is 111 cm³/mol. The first kappa shape index (κ1) is 17.1. The lowest BCUT2D eigenvalue weighted by Gasteiger charge is -2.28. The number of ether oxygens (including phenoxy) is 1. The molecule has 5 N–H and O–H groups in total. The largest absolute Gasteiger partial charge is 0.497 e. The number of H-pyrrole nitrogens is 2. The number of methoxy groups -OCH3 is 1. The van der Waals surface area contributed by atoms with Crippen molar-refractivity contribution in [3.63, 3.8) is 0 Å². The molecule has 0 fully saturated rings. The lowest BCUT2D eigenvalue weighted by Crippen LogP contribution is -2.31. The highest BCUT2D eigenvalue weighted by Crippen LogP contribution is 2.43. The van der Waals surface area contributed by atoms with Crippen LogP contribution in [0.25, 0.3) is 10.9 Å². The molecule has 29 heavy (non-hydrogen) atoms. The molecule has 1 unspecified atom stereocenters. The minimum absolute atomic E-state index is 0.00678. The number of pyridine rings is 1. The Balaban J connectivity index is 1.88. The Labute approximate surface area is 164 Å². The number of nitrogens with one attached hydrogen (secondary N) is 3. The number of nitrogen functional groups attached to an aromatic ring is 1. The number of nitrogens with two attached hydrogens (primary N) is 1. The summed E-state index contributed by atoms with van der Waals surface area (Å²) >= 11 is 0. The Morgan fingerprint density at radius 2 is 1.69 bits per heavy atom. The minimum atomic E-state index is -0.614. The second-order valence-corrected chi connectivity index (χ2v) is 6.83. The third-order valence-electron chi connectivity index (χ3n) is 5.20. The van der Waals surface area contributed by atoms with Crippen molar-refractivity contribution in [2.75, 3.05) is 18.2 Å². The Hall–Kier alpha value is -4.07. The number of para-hydroxylation sites is 1. The zero-order valence-electron chi connectivity index (χ0n) is 15.4. The van der Waals surface area contributed by atoms with Gasteiger partial charge >= 0.3 is 0 Å². The zero-order chi connectivity index (χ0) is 20.1. The lowest BCUT2D eigenvalue weighted by atomic mass is 9.82. The smallest absolute Gasteiger partial charge is 0.258 e. The van der Waals surface area contributed by atoms with Gasteiger partial charge < -0.3 is 20.8 Å². The van der Waals surface area contributed by atoms with Gasteiger partial charge in [0.05, 0.1) is 35.4 Å². The lowest BCUT2D eigenvalue weighted by molar-refractivity contribution is 0.414. The van der Waals surface area contributed by atoms with Gasteiger partial charge in [0, 0.05) is 5.39 Å². The van der Waals surface area contributed by atoms with E-state index in [1.165, 1.54) is 0 Å². The van der Waals surface area contributed by atoms with Crippen LogP contribution in [0.1, 0.15) is 22.6 Å². The van der Waals surface area contributed by atoms with Crippen LogP contribution in [0, 0.1) is 0 Å². The first-order chi connectivity index (χ1) is 14.1. The topological polar surface area (TPSA) is 126 Å². The minimum Gasteiger partial charge on any atom is -0.497 e. The number of hydrogen-bond donors (Lipinski definition) is 4. The van der Waals surface area contributed by atoms with Crippen LogP contribution in [-0.4, -0.2) is 22.1 Å². The van der Waals surface area contributed by atoms with E-state index >= 15 is 0 Å². The maximum Gasteiger partial charge on any atom is 0.258 e. The maximum atomic E-state index is 13.1. The molecule has 8 nitrogen and oxygen atoms in total. The van der Waals surface area contributed by atoms with E-state index < -0.39 is 5.92 Å². The van der Waals surface area contributed by atoms with E-state index in [0.29, 0.717) is 33.9 Å². The average molecular weight is 387 g/mol. The first-order valence-corrected chi connectivity index (χ1v) is 9.02. The molecule has 0 saturated heterocycles. The monoisotopic (exact) mass is 387 g/mol. The molecular formula is C21H17N5O3. The third-order valence-corrected chi connectivity index (χ3v) is 5.20. The fourth-order valence-corrected chi connectivity index (χ4v) is 3.92. The van der Waals surface area contributed by atoms with Crippen LogP contribution in [0.3, 0.4) is 0 Å². The molecule has 0 spiro atoms. The fourth-order valence-electron chi connectivity index (χ4n) is 3.92. The highest BCUT2D eigenvalue weighted by molar-refractivity contribution is 5.96. The molecule has 0 aliphatic carbocycles. The molecule has 8 heteroatoms. The van der Waals surface area contributed by atoms with E-state index in [2.05, 4.69) is 20.3 Å². The quantitative estimate of drug-likeness (QED) is 0.369. The molecule has 1 aliphatic rings. The number of fused-ring (bicyclic) bond motifs is 4. The van der Waals surface area contributed by atoms with Crippen LogP contribution < -0.4 is 26.9 Å². The molecule has 4 aromatic rings. The van der Waals surface area contributed by atoms with Crippen molar-refractivity contribution in [3.8, 4) is 5.75 Å². The summed E-state index contributed by atoms with van der Waals surface area (Å²) in [7, 11) is 1.58. The van der Waals surface area contributed by atoms with Gasteiger partial charge in [-0.2, -0.15) is 4.98 Å². The molecule has 2 aromatic carbocycles. The van der Waals surface area contributed by atoms with E-state index in [0.717, 1.165) is 10.9 Å². The number of nitrogens with zero attached hydrogens (tertiary/aromatic N) is 1. The molecule has 3 heterocycles. The highest BCUT2D eigenvalue weighted by Gasteiger charge is 2.34. The summed E-state index contributed by atoms with van der Waals surface area (Å²) in [5, 5.41) is 4.00. The number of aromatic amines is 2. The van der Waals surface area contributed by atoms with Gasteiger partial charge in [0.15, 0.2) is 0 Å². The number of benzene rings is 2. The van der Waals surface area contributed by atoms with Crippen LogP contribution in [0.5, 0.6) is 5.75 Å². The molecule has 5 rings (SSSR count). The SMILES string of the molecule is COc1ccc(C2c3c(nc(N)[nH]c3=O)Nc3c2c(=O)[nH]c2ccccc32)cc1. The Morgan fingerprint density at radius 3 is 2.45 bits per heavy atom. The van der Waals surface area contributed by atoms with Crippen molar-refractivity contribution < 1.29 is 4.74 Å². The second-order valence-electron chi connectivity index (χ2n) is 6.83. The third kappa shape index (κ3) is 2.57. The molecular weight excluding hydrogens is 370 g/mol.